The van der Waals surface area contributed by atoms with Crippen molar-refractivity contribution in [1.82, 2.24) is 5.32 Å². The first-order valence-corrected chi connectivity index (χ1v) is 12.8. The average molecular weight is 495 g/mol. The molecular weight excluding hydrogens is 467 g/mol. The van der Waals surface area contributed by atoms with E-state index in [0.29, 0.717) is 22.1 Å². The number of nitrogens with one attached hydrogen (secondary N) is 1. The van der Waals surface area contributed by atoms with Crippen molar-refractivity contribution in [2.45, 2.75) is 50.3 Å². The fourth-order valence-corrected chi connectivity index (χ4v) is 5.46. The highest BCUT2D eigenvalue weighted by molar-refractivity contribution is 7.10. The van der Waals surface area contributed by atoms with E-state index in [4.69, 9.17) is 9.47 Å². The second kappa shape index (κ2) is 10.5. The third-order valence-electron chi connectivity index (χ3n) is 6.40. The molecule has 1 aliphatic carbocycles. The van der Waals surface area contributed by atoms with Crippen LogP contribution in [0.1, 0.15) is 43.0 Å². The molecule has 2 aliphatic rings. The fraction of sp³-hybridized carbons (Fsp3) is 0.333. The molecular formula is C27H27FN2O4S. The van der Waals surface area contributed by atoms with Crippen molar-refractivity contribution in [3.8, 4) is 11.5 Å². The molecule has 1 aromatic heterocycles. The summed E-state index contributed by atoms with van der Waals surface area (Å²) in [5.41, 5.74) is 0.413. The Morgan fingerprint density at radius 3 is 2.43 bits per heavy atom. The molecule has 0 spiro atoms. The van der Waals surface area contributed by atoms with E-state index in [2.05, 4.69) is 5.32 Å². The number of halogens is 1. The fourth-order valence-electron chi connectivity index (χ4n) is 4.65. The molecule has 2 amide bonds. The van der Waals surface area contributed by atoms with Gasteiger partial charge in [-0.05, 0) is 60.7 Å². The summed E-state index contributed by atoms with van der Waals surface area (Å²) < 4.78 is 25.6. The molecule has 5 rings (SSSR count). The molecule has 0 saturated heterocycles. The van der Waals surface area contributed by atoms with Crippen LogP contribution in [0.5, 0.6) is 11.5 Å². The van der Waals surface area contributed by atoms with Gasteiger partial charge in [-0.25, -0.2) is 4.39 Å². The molecule has 8 heteroatoms. The van der Waals surface area contributed by atoms with E-state index in [9.17, 15) is 14.0 Å². The van der Waals surface area contributed by atoms with Gasteiger partial charge in [-0.2, -0.15) is 0 Å². The SMILES string of the molecule is O=C(NC1CCCCC1)[C@@H](c1cccs1)N(C(=O)[C@H]1COc2ccccc2O1)c1ccc(F)cc1. The van der Waals surface area contributed by atoms with Crippen molar-refractivity contribution < 1.29 is 23.5 Å². The number of anilines is 1. The Morgan fingerprint density at radius 1 is 0.971 bits per heavy atom. The van der Waals surface area contributed by atoms with Gasteiger partial charge in [0.1, 0.15) is 18.5 Å². The molecule has 1 fully saturated rings. The van der Waals surface area contributed by atoms with Gasteiger partial charge in [0.15, 0.2) is 11.5 Å². The van der Waals surface area contributed by atoms with E-state index >= 15 is 0 Å². The lowest BCUT2D eigenvalue weighted by molar-refractivity contribution is -0.132. The summed E-state index contributed by atoms with van der Waals surface area (Å²) in [5.74, 6) is -0.0747. The number of thiophene rings is 1. The molecule has 1 aliphatic heterocycles. The van der Waals surface area contributed by atoms with Crippen molar-refractivity contribution >= 4 is 28.8 Å². The van der Waals surface area contributed by atoms with Crippen LogP contribution in [0.4, 0.5) is 10.1 Å². The predicted octanol–water partition coefficient (Wildman–Crippen LogP) is 5.25. The second-order valence-corrected chi connectivity index (χ2v) is 9.79. The Bertz CT molecular complexity index is 1160. The predicted molar refractivity (Wildman–Crippen MR) is 132 cm³/mol. The first-order chi connectivity index (χ1) is 17.1. The van der Waals surface area contributed by atoms with Gasteiger partial charge in [0.2, 0.25) is 12.0 Å². The minimum absolute atomic E-state index is 0.00887. The van der Waals surface area contributed by atoms with Crippen molar-refractivity contribution in [2.24, 2.45) is 0 Å². The van der Waals surface area contributed by atoms with E-state index in [1.807, 2.05) is 23.6 Å². The highest BCUT2D eigenvalue weighted by atomic mass is 32.1. The Hall–Kier alpha value is -3.39. The van der Waals surface area contributed by atoms with Crippen LogP contribution in [0.25, 0.3) is 0 Å². The van der Waals surface area contributed by atoms with Crippen LogP contribution in [-0.2, 0) is 9.59 Å². The molecule has 0 bridgehead atoms. The highest BCUT2D eigenvalue weighted by Gasteiger charge is 2.40. The number of carbonyl (C=O) groups is 2. The van der Waals surface area contributed by atoms with Crippen LogP contribution in [0.2, 0.25) is 0 Å². The minimum atomic E-state index is -0.958. The Balaban J connectivity index is 1.50. The van der Waals surface area contributed by atoms with Crippen LogP contribution in [0.3, 0.4) is 0 Å². The summed E-state index contributed by atoms with van der Waals surface area (Å²) in [5, 5.41) is 5.05. The quantitative estimate of drug-likeness (QED) is 0.508. The number of benzene rings is 2. The van der Waals surface area contributed by atoms with E-state index < -0.39 is 23.9 Å². The van der Waals surface area contributed by atoms with Crippen LogP contribution < -0.4 is 19.7 Å². The lowest BCUT2D eigenvalue weighted by Crippen LogP contribution is -2.52. The molecule has 0 unspecified atom stereocenters. The van der Waals surface area contributed by atoms with Crippen LogP contribution in [0.15, 0.2) is 66.0 Å². The molecule has 2 atom stereocenters. The smallest absolute Gasteiger partial charge is 0.272 e. The summed E-state index contributed by atoms with van der Waals surface area (Å²) in [4.78, 5) is 29.8. The molecule has 3 aromatic rings. The zero-order valence-corrected chi connectivity index (χ0v) is 20.0. The van der Waals surface area contributed by atoms with Crippen LogP contribution in [-0.4, -0.2) is 30.6 Å². The Morgan fingerprint density at radius 2 is 1.71 bits per heavy atom. The Kier molecular flexibility index (Phi) is 6.99. The molecule has 1 saturated carbocycles. The number of para-hydroxylation sites is 2. The maximum absolute atomic E-state index is 14.0. The average Bonchev–Trinajstić information content (AvgIpc) is 3.42. The maximum Gasteiger partial charge on any atom is 0.272 e. The third-order valence-corrected chi connectivity index (χ3v) is 7.32. The van der Waals surface area contributed by atoms with E-state index in [-0.39, 0.29) is 18.6 Å². The number of amides is 2. The summed E-state index contributed by atoms with van der Waals surface area (Å²) >= 11 is 1.40. The third kappa shape index (κ3) is 5.17. The van der Waals surface area contributed by atoms with Crippen molar-refractivity contribution in [2.75, 3.05) is 11.5 Å². The number of ether oxygens (including phenoxy) is 2. The number of rotatable bonds is 6. The highest BCUT2D eigenvalue weighted by Crippen LogP contribution is 2.35. The van der Waals surface area contributed by atoms with Crippen LogP contribution in [0, 0.1) is 5.82 Å². The normalized spacial score (nSPS) is 18.5. The van der Waals surface area contributed by atoms with E-state index in [1.54, 1.807) is 18.2 Å². The lowest BCUT2D eigenvalue weighted by Gasteiger charge is -2.35. The molecule has 1 N–H and O–H groups in total. The van der Waals surface area contributed by atoms with Gasteiger partial charge < -0.3 is 14.8 Å². The first-order valence-electron chi connectivity index (χ1n) is 11.9. The summed E-state index contributed by atoms with van der Waals surface area (Å²) in [6.07, 6.45) is 4.19. The minimum Gasteiger partial charge on any atom is -0.485 e. The van der Waals surface area contributed by atoms with Gasteiger partial charge >= 0.3 is 0 Å². The molecule has 182 valence electrons. The zero-order chi connectivity index (χ0) is 24.2. The van der Waals surface area contributed by atoms with Gasteiger partial charge in [-0.15, -0.1) is 11.3 Å². The van der Waals surface area contributed by atoms with Gasteiger partial charge in [-0.3, -0.25) is 14.5 Å². The van der Waals surface area contributed by atoms with Gasteiger partial charge in [0.05, 0.1) is 0 Å². The number of nitrogens with zero attached hydrogens (tertiary/aromatic N) is 1. The Labute approximate surface area is 207 Å². The molecule has 0 radical (unpaired) electrons. The summed E-state index contributed by atoms with van der Waals surface area (Å²) in [6.45, 7) is 0.00887. The summed E-state index contributed by atoms with van der Waals surface area (Å²) in [6, 6.07) is 15.6. The van der Waals surface area contributed by atoms with Crippen molar-refractivity contribution in [3.05, 3.63) is 76.7 Å². The molecule has 2 heterocycles. The van der Waals surface area contributed by atoms with Crippen molar-refractivity contribution in [3.63, 3.8) is 0 Å². The van der Waals surface area contributed by atoms with Gasteiger partial charge in [0, 0.05) is 16.6 Å². The standard InChI is InChI=1S/C27H27FN2O4S/c28-18-12-14-20(15-13-18)30(27(32)23-17-33-21-9-4-5-10-22(21)34-23)25(24-11-6-16-35-24)26(31)29-19-7-2-1-3-8-19/h4-6,9-16,19,23,25H,1-3,7-8,17H2,(H,29,31)/t23-,25-/m1/s1. The first kappa shape index (κ1) is 23.4. The van der Waals surface area contributed by atoms with Crippen molar-refractivity contribution in [1.29, 1.82) is 0 Å². The number of hydrogen-bond donors (Lipinski definition) is 1. The maximum atomic E-state index is 14.0. The van der Waals surface area contributed by atoms with E-state index in [1.165, 1.54) is 46.9 Å². The zero-order valence-electron chi connectivity index (χ0n) is 19.2. The topological polar surface area (TPSA) is 67.9 Å². The van der Waals surface area contributed by atoms with Gasteiger partial charge in [0.25, 0.3) is 5.91 Å². The second-order valence-electron chi connectivity index (χ2n) is 8.81. The molecule has 35 heavy (non-hydrogen) atoms. The molecule has 2 aromatic carbocycles. The number of hydrogen-bond acceptors (Lipinski definition) is 5. The largest absolute Gasteiger partial charge is 0.485 e. The summed E-state index contributed by atoms with van der Waals surface area (Å²) in [7, 11) is 0. The lowest BCUT2D eigenvalue weighted by atomic mass is 9.95. The molecule has 6 nitrogen and oxygen atoms in total. The van der Waals surface area contributed by atoms with E-state index in [0.717, 1.165) is 25.7 Å². The number of carbonyl (C=O) groups excluding carboxylic acids is 2. The number of fused-ring (bicyclic) bond motifs is 1. The van der Waals surface area contributed by atoms with Crippen LogP contribution >= 0.6 is 11.3 Å². The monoisotopic (exact) mass is 494 g/mol. The van der Waals surface area contributed by atoms with Gasteiger partial charge in [-0.1, -0.05) is 37.5 Å².